The van der Waals surface area contributed by atoms with Crippen LogP contribution >= 0.6 is 11.6 Å². The SMILES string of the molecule is Cc1cccc(Cl)c1Oc1nc(CS(=O)(=O)CCC2CC2)cc(-c2ccc(=O)n(C)c2)n1. The van der Waals surface area contributed by atoms with Crippen molar-refractivity contribution in [1.82, 2.24) is 14.5 Å². The van der Waals surface area contributed by atoms with Crippen molar-refractivity contribution in [3.05, 3.63) is 69.2 Å². The molecular weight excluding hydrogens is 450 g/mol. The number of nitrogens with zero attached hydrogens (tertiary/aromatic N) is 3. The van der Waals surface area contributed by atoms with E-state index in [0.717, 1.165) is 18.4 Å². The maximum Gasteiger partial charge on any atom is 0.322 e. The molecular formula is C23H24ClN3O4S. The first-order valence-corrected chi connectivity index (χ1v) is 12.6. The third kappa shape index (κ3) is 5.55. The first-order chi connectivity index (χ1) is 15.2. The molecule has 1 aromatic carbocycles. The van der Waals surface area contributed by atoms with Gasteiger partial charge in [0, 0.05) is 24.9 Å². The van der Waals surface area contributed by atoms with Gasteiger partial charge in [-0.25, -0.2) is 8.42 Å². The maximum atomic E-state index is 12.7. The van der Waals surface area contributed by atoms with Crippen LogP contribution in [-0.2, 0) is 22.6 Å². The number of ether oxygens (including phenoxy) is 1. The van der Waals surface area contributed by atoms with Gasteiger partial charge in [-0.2, -0.15) is 9.97 Å². The number of hydrogen-bond acceptors (Lipinski definition) is 6. The third-order valence-electron chi connectivity index (χ3n) is 5.40. The van der Waals surface area contributed by atoms with Crippen LogP contribution < -0.4 is 10.3 Å². The molecule has 0 radical (unpaired) electrons. The third-order valence-corrected chi connectivity index (χ3v) is 7.29. The van der Waals surface area contributed by atoms with E-state index in [-0.39, 0.29) is 23.1 Å². The van der Waals surface area contributed by atoms with Gasteiger partial charge in [0.1, 0.15) is 0 Å². The van der Waals surface area contributed by atoms with Crippen molar-refractivity contribution in [2.75, 3.05) is 5.75 Å². The quantitative estimate of drug-likeness (QED) is 0.484. The van der Waals surface area contributed by atoms with Gasteiger partial charge in [0.15, 0.2) is 15.6 Å². The zero-order valence-corrected chi connectivity index (χ0v) is 19.5. The number of halogens is 1. The highest BCUT2D eigenvalue weighted by atomic mass is 35.5. The molecule has 4 rings (SSSR count). The van der Waals surface area contributed by atoms with E-state index in [2.05, 4.69) is 9.97 Å². The molecule has 0 atom stereocenters. The molecule has 9 heteroatoms. The molecule has 1 aliphatic carbocycles. The Hall–Kier alpha value is -2.71. The summed E-state index contributed by atoms with van der Waals surface area (Å²) >= 11 is 6.28. The van der Waals surface area contributed by atoms with Gasteiger partial charge >= 0.3 is 6.01 Å². The Morgan fingerprint density at radius 2 is 1.97 bits per heavy atom. The monoisotopic (exact) mass is 473 g/mol. The Balaban J connectivity index is 1.72. The summed E-state index contributed by atoms with van der Waals surface area (Å²) < 4.78 is 32.7. The molecule has 7 nitrogen and oxygen atoms in total. The van der Waals surface area contributed by atoms with Crippen LogP contribution in [0, 0.1) is 12.8 Å². The summed E-state index contributed by atoms with van der Waals surface area (Å²) in [7, 11) is -1.70. The summed E-state index contributed by atoms with van der Waals surface area (Å²) in [5.74, 6) is 0.864. The van der Waals surface area contributed by atoms with E-state index < -0.39 is 9.84 Å². The number of aryl methyl sites for hydroxylation is 2. The van der Waals surface area contributed by atoms with Crippen molar-refractivity contribution in [2.24, 2.45) is 13.0 Å². The number of hydrogen-bond donors (Lipinski definition) is 0. The average molecular weight is 474 g/mol. The molecule has 1 saturated carbocycles. The molecule has 0 bridgehead atoms. The molecule has 2 heterocycles. The van der Waals surface area contributed by atoms with Crippen LogP contribution in [0.25, 0.3) is 11.3 Å². The first-order valence-electron chi connectivity index (χ1n) is 10.4. The van der Waals surface area contributed by atoms with Gasteiger partial charge in [-0.1, -0.05) is 36.6 Å². The van der Waals surface area contributed by atoms with Gasteiger partial charge in [0.25, 0.3) is 0 Å². The number of rotatable bonds is 8. The lowest BCUT2D eigenvalue weighted by Gasteiger charge is -2.12. The first kappa shape index (κ1) is 22.5. The van der Waals surface area contributed by atoms with E-state index >= 15 is 0 Å². The molecule has 3 aromatic rings. The second-order valence-electron chi connectivity index (χ2n) is 8.21. The predicted octanol–water partition coefficient (Wildman–Crippen LogP) is 4.31. The average Bonchev–Trinajstić information content (AvgIpc) is 3.56. The zero-order chi connectivity index (χ0) is 22.9. The Kier molecular flexibility index (Phi) is 6.35. The van der Waals surface area contributed by atoms with Crippen LogP contribution in [0.2, 0.25) is 5.02 Å². The highest BCUT2D eigenvalue weighted by Crippen LogP contribution is 2.34. The van der Waals surface area contributed by atoms with E-state index in [0.29, 0.717) is 40.1 Å². The highest BCUT2D eigenvalue weighted by molar-refractivity contribution is 7.90. The highest BCUT2D eigenvalue weighted by Gasteiger charge is 2.25. The zero-order valence-electron chi connectivity index (χ0n) is 17.9. The molecule has 0 aliphatic heterocycles. The molecule has 1 aliphatic rings. The van der Waals surface area contributed by atoms with Gasteiger partial charge in [0.2, 0.25) is 5.56 Å². The smallest absolute Gasteiger partial charge is 0.322 e. The van der Waals surface area contributed by atoms with E-state index in [1.54, 1.807) is 31.4 Å². The van der Waals surface area contributed by atoms with Crippen molar-refractivity contribution < 1.29 is 13.2 Å². The molecule has 0 amide bonds. The lowest BCUT2D eigenvalue weighted by molar-refractivity contribution is 0.438. The van der Waals surface area contributed by atoms with Crippen molar-refractivity contribution in [3.8, 4) is 23.0 Å². The summed E-state index contributed by atoms with van der Waals surface area (Å²) in [6.45, 7) is 1.85. The van der Waals surface area contributed by atoms with Gasteiger partial charge < -0.3 is 9.30 Å². The molecule has 168 valence electrons. The summed E-state index contributed by atoms with van der Waals surface area (Å²) in [5.41, 5.74) is 2.08. The van der Waals surface area contributed by atoms with Crippen LogP contribution in [0.5, 0.6) is 11.8 Å². The Morgan fingerprint density at radius 3 is 2.66 bits per heavy atom. The number of benzene rings is 1. The minimum atomic E-state index is -3.34. The maximum absolute atomic E-state index is 12.7. The minimum Gasteiger partial charge on any atom is -0.422 e. The Labute approximate surface area is 192 Å². The van der Waals surface area contributed by atoms with E-state index in [1.165, 1.54) is 10.6 Å². The van der Waals surface area contributed by atoms with Gasteiger partial charge in [-0.15, -0.1) is 0 Å². The molecule has 32 heavy (non-hydrogen) atoms. The van der Waals surface area contributed by atoms with Crippen molar-refractivity contribution in [2.45, 2.75) is 31.9 Å². The number of para-hydroxylation sites is 1. The fraction of sp³-hybridized carbons (Fsp3) is 0.348. The summed E-state index contributed by atoms with van der Waals surface area (Å²) in [4.78, 5) is 20.6. The van der Waals surface area contributed by atoms with Crippen molar-refractivity contribution in [1.29, 1.82) is 0 Å². The Bertz CT molecular complexity index is 1300. The van der Waals surface area contributed by atoms with Crippen LogP contribution in [0.3, 0.4) is 0 Å². The lowest BCUT2D eigenvalue weighted by Crippen LogP contribution is -2.14. The van der Waals surface area contributed by atoms with E-state index in [4.69, 9.17) is 16.3 Å². The normalized spacial score (nSPS) is 13.8. The lowest BCUT2D eigenvalue weighted by atomic mass is 10.2. The van der Waals surface area contributed by atoms with Gasteiger partial charge in [0.05, 0.1) is 27.9 Å². The van der Waals surface area contributed by atoms with Crippen LogP contribution in [0.4, 0.5) is 0 Å². The molecule has 1 fully saturated rings. The number of pyridine rings is 1. The molecule has 0 unspecified atom stereocenters. The molecule has 0 saturated heterocycles. The Morgan fingerprint density at radius 1 is 1.19 bits per heavy atom. The van der Waals surface area contributed by atoms with Gasteiger partial charge in [-0.3, -0.25) is 4.79 Å². The summed E-state index contributed by atoms with van der Waals surface area (Å²) in [6, 6.07) is 10.1. The topological polar surface area (TPSA) is 91.1 Å². The summed E-state index contributed by atoms with van der Waals surface area (Å²) in [6.07, 6.45) is 4.54. The second kappa shape index (κ2) is 9.03. The van der Waals surface area contributed by atoms with Crippen molar-refractivity contribution >= 4 is 21.4 Å². The predicted molar refractivity (Wildman–Crippen MR) is 124 cm³/mol. The standard InChI is InChI=1S/C23H24ClN3O4S/c1-15-4-3-5-19(24)22(15)31-23-25-18(14-32(29,30)11-10-16-6-7-16)12-20(26-23)17-8-9-21(28)27(2)13-17/h3-5,8-9,12-13,16H,6-7,10-11,14H2,1-2H3. The van der Waals surface area contributed by atoms with Crippen molar-refractivity contribution in [3.63, 3.8) is 0 Å². The largest absolute Gasteiger partial charge is 0.422 e. The van der Waals surface area contributed by atoms with Gasteiger partial charge in [-0.05, 0) is 43.0 Å². The molecule has 2 aromatic heterocycles. The number of aromatic nitrogens is 3. The number of sulfone groups is 1. The summed E-state index contributed by atoms with van der Waals surface area (Å²) in [5, 5.41) is 0.403. The van der Waals surface area contributed by atoms with Crippen LogP contribution in [0.1, 0.15) is 30.5 Å². The van der Waals surface area contributed by atoms with E-state index in [1.807, 2.05) is 19.1 Å². The minimum absolute atomic E-state index is 0.0000500. The fourth-order valence-electron chi connectivity index (χ4n) is 3.37. The molecule has 0 spiro atoms. The second-order valence-corrected chi connectivity index (χ2v) is 10.8. The molecule has 0 N–H and O–H groups in total. The van der Waals surface area contributed by atoms with E-state index in [9.17, 15) is 13.2 Å². The van der Waals surface area contributed by atoms with Crippen LogP contribution in [-0.4, -0.2) is 28.7 Å². The van der Waals surface area contributed by atoms with Crippen LogP contribution in [0.15, 0.2) is 47.4 Å². The fourth-order valence-corrected chi connectivity index (χ4v) is 5.07.